The molecule has 0 radical (unpaired) electrons. The quantitative estimate of drug-likeness (QED) is 0.258. The Morgan fingerprint density at radius 2 is 1.68 bits per heavy atom. The lowest BCUT2D eigenvalue weighted by molar-refractivity contribution is -0.117. The van der Waals surface area contributed by atoms with Crippen molar-refractivity contribution < 1.29 is 28.6 Å². The van der Waals surface area contributed by atoms with Gasteiger partial charge in [-0.05, 0) is 65.6 Å². The third kappa shape index (κ3) is 4.29. The average molecular weight is 532 g/mol. The highest BCUT2D eigenvalue weighted by Gasteiger charge is 2.45. The van der Waals surface area contributed by atoms with E-state index in [-0.39, 0.29) is 11.3 Å². The maximum Gasteiger partial charge on any atom is 0.294 e. The number of nitrogens with zero attached hydrogens (tertiary/aromatic N) is 1. The Morgan fingerprint density at radius 1 is 0.974 bits per heavy atom. The van der Waals surface area contributed by atoms with Crippen LogP contribution in [0.15, 0.2) is 82.5 Å². The lowest BCUT2D eigenvalue weighted by Crippen LogP contribution is -2.31. The number of halogens is 1. The predicted octanol–water partition coefficient (Wildman–Crippen LogP) is 7.01. The number of rotatable bonds is 7. The van der Waals surface area contributed by atoms with Crippen molar-refractivity contribution in [2.45, 2.75) is 25.8 Å². The van der Waals surface area contributed by atoms with E-state index in [1.54, 1.807) is 42.5 Å². The fourth-order valence-electron chi connectivity index (χ4n) is 4.72. The standard InChI is InChI=1S/C30H26ClNO6/c1-16(2)17-5-9-21(10-6-17)32-27(18-7-11-23(36-3)24(14-18)37-4)26(29(34)30(32)35)28(33)25-15-19-13-20(31)8-12-22(19)38-25/h5-16,27,34H,1-4H3. The molecule has 1 N–H and O–H groups in total. The highest BCUT2D eigenvalue weighted by molar-refractivity contribution is 6.31. The molecule has 0 saturated heterocycles. The van der Waals surface area contributed by atoms with Crippen LogP contribution in [-0.4, -0.2) is 31.0 Å². The number of hydrogen-bond donors (Lipinski definition) is 1. The van der Waals surface area contributed by atoms with E-state index in [2.05, 4.69) is 13.8 Å². The number of hydrogen-bond acceptors (Lipinski definition) is 6. The minimum absolute atomic E-state index is 0.0147. The first kappa shape index (κ1) is 25.4. The summed E-state index contributed by atoms with van der Waals surface area (Å²) < 4.78 is 16.7. The zero-order valence-corrected chi connectivity index (χ0v) is 22.1. The Morgan fingerprint density at radius 3 is 2.34 bits per heavy atom. The largest absolute Gasteiger partial charge is 0.503 e. The molecule has 194 valence electrons. The van der Waals surface area contributed by atoms with E-state index < -0.39 is 23.5 Å². The Hall–Kier alpha value is -4.23. The summed E-state index contributed by atoms with van der Waals surface area (Å²) in [6.45, 7) is 4.15. The van der Waals surface area contributed by atoms with Crippen LogP contribution in [0.3, 0.4) is 0 Å². The molecule has 8 heteroatoms. The number of fused-ring (bicyclic) bond motifs is 1. The lowest BCUT2D eigenvalue weighted by atomic mass is 9.94. The summed E-state index contributed by atoms with van der Waals surface area (Å²) in [5.41, 5.74) is 2.55. The van der Waals surface area contributed by atoms with Gasteiger partial charge in [0.2, 0.25) is 5.78 Å². The van der Waals surface area contributed by atoms with Gasteiger partial charge in [0.15, 0.2) is 23.0 Å². The van der Waals surface area contributed by atoms with Crippen molar-refractivity contribution in [3.05, 3.63) is 100.0 Å². The molecule has 1 aliphatic heterocycles. The van der Waals surface area contributed by atoms with E-state index in [4.69, 9.17) is 25.5 Å². The monoisotopic (exact) mass is 531 g/mol. The fraction of sp³-hybridized carbons (Fsp3) is 0.200. The van der Waals surface area contributed by atoms with Crippen molar-refractivity contribution >= 4 is 39.9 Å². The first-order chi connectivity index (χ1) is 18.2. The zero-order chi connectivity index (χ0) is 27.1. The molecule has 5 rings (SSSR count). The summed E-state index contributed by atoms with van der Waals surface area (Å²) in [5, 5.41) is 12.2. The Bertz CT molecular complexity index is 1580. The van der Waals surface area contributed by atoms with Crippen LogP contribution in [0.25, 0.3) is 11.0 Å². The van der Waals surface area contributed by atoms with E-state index in [0.29, 0.717) is 44.7 Å². The number of amides is 1. The second-order valence-electron chi connectivity index (χ2n) is 9.32. The first-order valence-electron chi connectivity index (χ1n) is 12.1. The maximum atomic E-state index is 13.9. The van der Waals surface area contributed by atoms with Gasteiger partial charge in [-0.15, -0.1) is 0 Å². The van der Waals surface area contributed by atoms with Gasteiger partial charge in [0.05, 0.1) is 25.8 Å². The number of anilines is 1. The van der Waals surface area contributed by atoms with Gasteiger partial charge in [0.1, 0.15) is 5.58 Å². The van der Waals surface area contributed by atoms with Crippen LogP contribution in [0.5, 0.6) is 11.5 Å². The molecule has 0 spiro atoms. The van der Waals surface area contributed by atoms with Crippen LogP contribution in [0, 0.1) is 0 Å². The number of furan rings is 1. The molecule has 0 saturated carbocycles. The molecule has 1 aliphatic rings. The van der Waals surface area contributed by atoms with Gasteiger partial charge in [-0.1, -0.05) is 43.6 Å². The number of Topliss-reactive ketones (excluding diaryl/α,β-unsaturated/α-hetero) is 1. The van der Waals surface area contributed by atoms with Crippen molar-refractivity contribution in [2.24, 2.45) is 0 Å². The van der Waals surface area contributed by atoms with Crippen molar-refractivity contribution in [1.82, 2.24) is 0 Å². The molecule has 1 aromatic heterocycles. The fourth-order valence-corrected chi connectivity index (χ4v) is 4.90. The molecule has 0 fully saturated rings. The minimum atomic E-state index is -0.948. The summed E-state index contributed by atoms with van der Waals surface area (Å²) in [4.78, 5) is 28.8. The molecule has 7 nitrogen and oxygen atoms in total. The summed E-state index contributed by atoms with van der Waals surface area (Å²) in [6, 6.07) is 18.2. The van der Waals surface area contributed by atoms with Gasteiger partial charge in [-0.3, -0.25) is 14.5 Å². The zero-order valence-electron chi connectivity index (χ0n) is 21.3. The van der Waals surface area contributed by atoms with E-state index in [0.717, 1.165) is 5.56 Å². The Kier molecular flexibility index (Phi) is 6.63. The van der Waals surface area contributed by atoms with Gasteiger partial charge < -0.3 is 19.0 Å². The summed E-state index contributed by atoms with van der Waals surface area (Å²) in [6.07, 6.45) is 0. The molecular weight excluding hydrogens is 506 g/mol. The average Bonchev–Trinajstić information content (AvgIpc) is 3.46. The van der Waals surface area contributed by atoms with Gasteiger partial charge in [-0.25, -0.2) is 0 Å². The lowest BCUT2D eigenvalue weighted by Gasteiger charge is -2.27. The highest BCUT2D eigenvalue weighted by atomic mass is 35.5. The van der Waals surface area contributed by atoms with E-state index >= 15 is 0 Å². The van der Waals surface area contributed by atoms with Crippen LogP contribution in [0.1, 0.15) is 47.5 Å². The summed E-state index contributed by atoms with van der Waals surface area (Å²) in [7, 11) is 3.02. The van der Waals surface area contributed by atoms with Gasteiger partial charge in [0, 0.05) is 16.1 Å². The molecule has 3 aromatic carbocycles. The van der Waals surface area contributed by atoms with Gasteiger partial charge in [0.25, 0.3) is 5.91 Å². The van der Waals surface area contributed by atoms with Crippen LogP contribution in [0.2, 0.25) is 5.02 Å². The number of carbonyl (C=O) groups excluding carboxylic acids is 2. The maximum absolute atomic E-state index is 13.9. The Balaban J connectivity index is 1.66. The summed E-state index contributed by atoms with van der Waals surface area (Å²) >= 11 is 6.10. The molecule has 1 unspecified atom stereocenters. The topological polar surface area (TPSA) is 89.2 Å². The number of aliphatic hydroxyl groups excluding tert-OH is 1. The predicted molar refractivity (Wildman–Crippen MR) is 146 cm³/mol. The third-order valence-corrected chi connectivity index (χ3v) is 6.95. The van der Waals surface area contributed by atoms with Crippen molar-refractivity contribution in [2.75, 3.05) is 19.1 Å². The number of methoxy groups -OCH3 is 2. The molecule has 0 aliphatic carbocycles. The third-order valence-electron chi connectivity index (χ3n) is 6.72. The van der Waals surface area contributed by atoms with E-state index in [9.17, 15) is 14.7 Å². The molecule has 2 heterocycles. The molecule has 0 bridgehead atoms. The second-order valence-corrected chi connectivity index (χ2v) is 9.76. The minimum Gasteiger partial charge on any atom is -0.503 e. The smallest absolute Gasteiger partial charge is 0.294 e. The van der Waals surface area contributed by atoms with Gasteiger partial charge >= 0.3 is 0 Å². The second kappa shape index (κ2) is 9.91. The van der Waals surface area contributed by atoms with Crippen molar-refractivity contribution in [3.63, 3.8) is 0 Å². The number of ketones is 1. The first-order valence-corrected chi connectivity index (χ1v) is 12.4. The SMILES string of the molecule is COc1ccc(C2C(C(=O)c3cc4cc(Cl)ccc4o3)=C(O)C(=O)N2c2ccc(C(C)C)cc2)cc1OC. The highest BCUT2D eigenvalue weighted by Crippen LogP contribution is 2.44. The number of carbonyl (C=O) groups is 2. The Labute approximate surface area is 224 Å². The molecule has 38 heavy (non-hydrogen) atoms. The van der Waals surface area contributed by atoms with Crippen molar-refractivity contribution in [3.8, 4) is 11.5 Å². The van der Waals surface area contributed by atoms with Gasteiger partial charge in [-0.2, -0.15) is 0 Å². The van der Waals surface area contributed by atoms with Crippen LogP contribution >= 0.6 is 11.6 Å². The molecule has 1 amide bonds. The molecular formula is C30H26ClNO6. The van der Waals surface area contributed by atoms with E-state index in [1.807, 2.05) is 24.3 Å². The molecule has 4 aromatic rings. The summed E-state index contributed by atoms with van der Waals surface area (Å²) in [5.74, 6) is -0.743. The van der Waals surface area contributed by atoms with E-state index in [1.165, 1.54) is 19.1 Å². The number of benzene rings is 3. The van der Waals surface area contributed by atoms with Crippen LogP contribution in [0.4, 0.5) is 5.69 Å². The normalized spacial score (nSPS) is 15.6. The molecule has 1 atom stereocenters. The van der Waals surface area contributed by atoms with Crippen molar-refractivity contribution in [1.29, 1.82) is 0 Å². The van der Waals surface area contributed by atoms with Crippen LogP contribution in [-0.2, 0) is 4.79 Å². The number of aliphatic hydroxyl groups is 1. The van der Waals surface area contributed by atoms with Crippen LogP contribution < -0.4 is 14.4 Å². The number of ether oxygens (including phenoxy) is 2.